The zero-order valence-corrected chi connectivity index (χ0v) is 14.8. The van der Waals surface area contributed by atoms with Crippen molar-refractivity contribution in [3.8, 4) is 11.8 Å². The zero-order valence-electron chi connectivity index (χ0n) is 14.8. The number of nitrogens with zero attached hydrogens (tertiary/aromatic N) is 2. The summed E-state index contributed by atoms with van der Waals surface area (Å²) in [6.07, 6.45) is 4.87. The van der Waals surface area contributed by atoms with Gasteiger partial charge in [-0.15, -0.1) is 0 Å². The van der Waals surface area contributed by atoms with Gasteiger partial charge in [-0.25, -0.2) is 0 Å². The average molecular weight is 304 g/mol. The maximum absolute atomic E-state index is 12.0. The van der Waals surface area contributed by atoms with Crippen LogP contribution in [0.2, 0.25) is 0 Å². The summed E-state index contributed by atoms with van der Waals surface area (Å²) in [5.41, 5.74) is 0.421. The van der Waals surface area contributed by atoms with E-state index >= 15 is 0 Å². The van der Waals surface area contributed by atoms with Gasteiger partial charge in [-0.1, -0.05) is 46.0 Å². The van der Waals surface area contributed by atoms with Crippen LogP contribution < -0.4 is 0 Å². The first-order chi connectivity index (χ1) is 10.5. The molecule has 1 atom stereocenters. The first-order valence-corrected chi connectivity index (χ1v) is 8.95. The molecule has 0 aromatic heterocycles. The summed E-state index contributed by atoms with van der Waals surface area (Å²) in [4.78, 5) is 16.5. The molecule has 0 aliphatic carbocycles. The minimum atomic E-state index is 0.137. The molecule has 2 aliphatic rings. The SMILES string of the molecule is CCCC(C)C#CCN1CCC2(CC1)CN(C(=O)C(C)C)C2. The van der Waals surface area contributed by atoms with Gasteiger partial charge < -0.3 is 4.90 Å². The van der Waals surface area contributed by atoms with Gasteiger partial charge in [-0.2, -0.15) is 0 Å². The van der Waals surface area contributed by atoms with E-state index in [1.165, 1.54) is 25.7 Å². The highest BCUT2D eigenvalue weighted by atomic mass is 16.2. The largest absolute Gasteiger partial charge is 0.341 e. The Morgan fingerprint density at radius 1 is 1.18 bits per heavy atom. The number of carbonyl (C=O) groups is 1. The van der Waals surface area contributed by atoms with Gasteiger partial charge in [0.05, 0.1) is 6.54 Å². The molecule has 0 N–H and O–H groups in total. The Bertz CT molecular complexity index is 430. The second kappa shape index (κ2) is 7.51. The summed E-state index contributed by atoms with van der Waals surface area (Å²) < 4.78 is 0. The molecule has 1 amide bonds. The molecule has 1 spiro atoms. The van der Waals surface area contributed by atoms with Gasteiger partial charge in [-0.05, 0) is 32.4 Å². The topological polar surface area (TPSA) is 23.6 Å². The molecule has 0 aromatic rings. The van der Waals surface area contributed by atoms with Crippen LogP contribution in [0.3, 0.4) is 0 Å². The van der Waals surface area contributed by atoms with Crippen molar-refractivity contribution in [3.05, 3.63) is 0 Å². The van der Waals surface area contributed by atoms with E-state index in [1.54, 1.807) is 0 Å². The van der Waals surface area contributed by atoms with E-state index in [1.807, 2.05) is 18.7 Å². The van der Waals surface area contributed by atoms with Crippen LogP contribution in [0.5, 0.6) is 0 Å². The second-order valence-electron chi connectivity index (χ2n) is 7.64. The quantitative estimate of drug-likeness (QED) is 0.745. The van der Waals surface area contributed by atoms with Gasteiger partial charge in [0.25, 0.3) is 0 Å². The Hall–Kier alpha value is -1.01. The lowest BCUT2D eigenvalue weighted by atomic mass is 9.71. The lowest BCUT2D eigenvalue weighted by Gasteiger charge is -2.54. The van der Waals surface area contributed by atoms with E-state index < -0.39 is 0 Å². The third-order valence-electron chi connectivity index (χ3n) is 5.15. The Balaban J connectivity index is 1.70. The number of carbonyl (C=O) groups excluding carboxylic acids is 1. The minimum absolute atomic E-state index is 0.137. The van der Waals surface area contributed by atoms with E-state index in [-0.39, 0.29) is 5.92 Å². The van der Waals surface area contributed by atoms with Crippen LogP contribution in [0, 0.1) is 29.1 Å². The predicted octanol–water partition coefficient (Wildman–Crippen LogP) is 3.01. The molecular formula is C19H32N2O. The van der Waals surface area contributed by atoms with Crippen molar-refractivity contribution in [2.24, 2.45) is 17.3 Å². The Morgan fingerprint density at radius 3 is 2.36 bits per heavy atom. The lowest BCUT2D eigenvalue weighted by Crippen LogP contribution is -2.62. The summed E-state index contributed by atoms with van der Waals surface area (Å²) in [5.74, 6) is 7.72. The van der Waals surface area contributed by atoms with E-state index in [2.05, 4.69) is 30.6 Å². The van der Waals surface area contributed by atoms with Gasteiger partial charge in [0.2, 0.25) is 5.91 Å². The number of amides is 1. The molecule has 0 saturated carbocycles. The van der Waals surface area contributed by atoms with Crippen molar-refractivity contribution in [3.63, 3.8) is 0 Å². The molecule has 2 aliphatic heterocycles. The molecule has 124 valence electrons. The molecule has 3 heteroatoms. The fourth-order valence-electron chi connectivity index (χ4n) is 3.62. The lowest BCUT2D eigenvalue weighted by molar-refractivity contribution is -0.150. The second-order valence-corrected chi connectivity index (χ2v) is 7.64. The Labute approximate surface area is 136 Å². The van der Waals surface area contributed by atoms with Crippen molar-refractivity contribution in [1.82, 2.24) is 9.80 Å². The van der Waals surface area contributed by atoms with Crippen LogP contribution in [-0.4, -0.2) is 48.4 Å². The maximum Gasteiger partial charge on any atom is 0.225 e. The molecule has 22 heavy (non-hydrogen) atoms. The highest BCUT2D eigenvalue weighted by molar-refractivity contribution is 5.79. The highest BCUT2D eigenvalue weighted by Crippen LogP contribution is 2.40. The van der Waals surface area contributed by atoms with Crippen LogP contribution in [0.25, 0.3) is 0 Å². The van der Waals surface area contributed by atoms with E-state index in [9.17, 15) is 4.79 Å². The normalized spacial score (nSPS) is 22.1. The molecule has 0 aromatic carbocycles. The summed E-state index contributed by atoms with van der Waals surface area (Å²) in [6.45, 7) is 13.6. The first kappa shape index (κ1) is 17.3. The predicted molar refractivity (Wildman–Crippen MR) is 91.4 cm³/mol. The van der Waals surface area contributed by atoms with Crippen molar-refractivity contribution in [2.75, 3.05) is 32.7 Å². The van der Waals surface area contributed by atoms with E-state index in [0.717, 1.165) is 32.7 Å². The molecular weight excluding hydrogens is 272 g/mol. The molecule has 0 radical (unpaired) electrons. The summed E-state index contributed by atoms with van der Waals surface area (Å²) in [6, 6.07) is 0. The van der Waals surface area contributed by atoms with Crippen LogP contribution in [0.1, 0.15) is 53.4 Å². The van der Waals surface area contributed by atoms with Crippen molar-refractivity contribution >= 4 is 5.91 Å². The van der Waals surface area contributed by atoms with Crippen LogP contribution in [0.15, 0.2) is 0 Å². The summed E-state index contributed by atoms with van der Waals surface area (Å²) >= 11 is 0. The van der Waals surface area contributed by atoms with Crippen LogP contribution in [0.4, 0.5) is 0 Å². The van der Waals surface area contributed by atoms with Gasteiger partial charge >= 0.3 is 0 Å². The van der Waals surface area contributed by atoms with Crippen LogP contribution in [-0.2, 0) is 4.79 Å². The standard InChI is InChI=1S/C19H32N2O/c1-5-7-17(4)8-6-11-20-12-9-19(10-13-20)14-21(15-19)18(22)16(2)3/h16-17H,5,7,9-15H2,1-4H3. The zero-order chi connectivity index (χ0) is 16.2. The third kappa shape index (κ3) is 4.26. The molecule has 2 heterocycles. The summed E-state index contributed by atoms with van der Waals surface area (Å²) in [5, 5.41) is 0. The van der Waals surface area contributed by atoms with E-state index in [0.29, 0.717) is 17.2 Å². The van der Waals surface area contributed by atoms with Gasteiger partial charge in [0.1, 0.15) is 0 Å². The number of hydrogen-bond donors (Lipinski definition) is 0. The Kier molecular flexibility index (Phi) is 5.92. The van der Waals surface area contributed by atoms with Gasteiger partial charge in [-0.3, -0.25) is 9.69 Å². The van der Waals surface area contributed by atoms with Gasteiger partial charge in [0, 0.05) is 30.3 Å². The van der Waals surface area contributed by atoms with Crippen LogP contribution >= 0.6 is 0 Å². The molecule has 2 rings (SSSR count). The van der Waals surface area contributed by atoms with E-state index in [4.69, 9.17) is 0 Å². The third-order valence-corrected chi connectivity index (χ3v) is 5.15. The van der Waals surface area contributed by atoms with Gasteiger partial charge in [0.15, 0.2) is 0 Å². The average Bonchev–Trinajstić information content (AvgIpc) is 2.45. The number of hydrogen-bond acceptors (Lipinski definition) is 2. The van der Waals surface area contributed by atoms with Crippen molar-refractivity contribution < 1.29 is 4.79 Å². The minimum Gasteiger partial charge on any atom is -0.341 e. The monoisotopic (exact) mass is 304 g/mol. The molecule has 1 unspecified atom stereocenters. The molecule has 0 bridgehead atoms. The maximum atomic E-state index is 12.0. The van der Waals surface area contributed by atoms with Crippen molar-refractivity contribution in [1.29, 1.82) is 0 Å². The molecule has 2 fully saturated rings. The highest BCUT2D eigenvalue weighted by Gasteiger charge is 2.46. The summed E-state index contributed by atoms with van der Waals surface area (Å²) in [7, 11) is 0. The Morgan fingerprint density at radius 2 is 1.82 bits per heavy atom. The fourth-order valence-corrected chi connectivity index (χ4v) is 3.62. The molecule has 2 saturated heterocycles. The first-order valence-electron chi connectivity index (χ1n) is 8.95. The number of rotatable bonds is 4. The molecule has 3 nitrogen and oxygen atoms in total. The fraction of sp³-hybridized carbons (Fsp3) is 0.842. The van der Waals surface area contributed by atoms with Crippen molar-refractivity contribution in [2.45, 2.75) is 53.4 Å². The smallest absolute Gasteiger partial charge is 0.225 e. The number of likely N-dealkylation sites (tertiary alicyclic amines) is 2. The number of piperidine rings is 1.